The van der Waals surface area contributed by atoms with Gasteiger partial charge in [0, 0.05) is 32.2 Å². The number of amides is 1. The summed E-state index contributed by atoms with van der Waals surface area (Å²) in [5.41, 5.74) is 1.19. The molecule has 0 aliphatic carbocycles. The lowest BCUT2D eigenvalue weighted by atomic mass is 10.3. The van der Waals surface area contributed by atoms with Crippen LogP contribution in [-0.2, 0) is 11.3 Å². The van der Waals surface area contributed by atoms with Gasteiger partial charge in [-0.3, -0.25) is 19.4 Å². The Morgan fingerprint density at radius 1 is 1.15 bits per heavy atom. The van der Waals surface area contributed by atoms with Crippen molar-refractivity contribution in [1.82, 2.24) is 34.7 Å². The number of hydrogen-bond acceptors (Lipinski definition) is 8. The molecule has 33 heavy (non-hydrogen) atoms. The van der Waals surface area contributed by atoms with Crippen LogP contribution in [0.3, 0.4) is 0 Å². The van der Waals surface area contributed by atoms with Crippen molar-refractivity contribution in [3.8, 4) is 5.69 Å². The predicted octanol–water partition coefficient (Wildman–Crippen LogP) is 1.16. The van der Waals surface area contributed by atoms with E-state index in [0.29, 0.717) is 35.0 Å². The van der Waals surface area contributed by atoms with Gasteiger partial charge in [-0.25, -0.2) is 9.67 Å². The summed E-state index contributed by atoms with van der Waals surface area (Å²) >= 11 is 0. The van der Waals surface area contributed by atoms with Crippen LogP contribution in [0.1, 0.15) is 11.6 Å². The number of benzene rings is 1. The van der Waals surface area contributed by atoms with Gasteiger partial charge < -0.3 is 14.8 Å². The zero-order valence-corrected chi connectivity index (χ0v) is 18.2. The smallest absolute Gasteiger partial charge is 0.262 e. The molecule has 4 aromatic rings. The van der Waals surface area contributed by atoms with Gasteiger partial charge in [0.05, 0.1) is 25.0 Å². The lowest BCUT2D eigenvalue weighted by Crippen LogP contribution is -2.48. The standard InChI is InChI=1S/C22H24N8O3/c1-15-11-18(27-33-15)24-20(31)14-29-9-7-28(8-10-29)13-19-25-21-17(22(32)26-19)12-23-30(21)16-5-3-2-4-6-16/h2-6,11-12H,7-10,13-14H2,1H3,(H,24,27,31)(H,25,26,32). The number of piperazine rings is 1. The number of carbonyl (C=O) groups excluding carboxylic acids is 1. The van der Waals surface area contributed by atoms with Crippen molar-refractivity contribution in [2.75, 3.05) is 38.0 Å². The highest BCUT2D eigenvalue weighted by atomic mass is 16.5. The van der Waals surface area contributed by atoms with E-state index in [2.05, 4.69) is 30.4 Å². The minimum absolute atomic E-state index is 0.123. The van der Waals surface area contributed by atoms with Crippen molar-refractivity contribution in [1.29, 1.82) is 0 Å². The molecule has 1 aromatic carbocycles. The van der Waals surface area contributed by atoms with Gasteiger partial charge in [-0.05, 0) is 19.1 Å². The van der Waals surface area contributed by atoms with Gasteiger partial charge in [-0.2, -0.15) is 5.10 Å². The van der Waals surface area contributed by atoms with E-state index in [9.17, 15) is 9.59 Å². The quantitative estimate of drug-likeness (QED) is 0.450. The molecule has 4 heterocycles. The Labute approximate surface area is 189 Å². The Balaban J connectivity index is 1.21. The molecule has 0 radical (unpaired) electrons. The molecule has 0 spiro atoms. The van der Waals surface area contributed by atoms with Crippen molar-refractivity contribution in [2.24, 2.45) is 0 Å². The molecule has 1 amide bonds. The average molecular weight is 448 g/mol. The molecule has 0 bridgehead atoms. The summed E-state index contributed by atoms with van der Waals surface area (Å²) in [6, 6.07) is 11.3. The number of fused-ring (bicyclic) bond motifs is 1. The minimum atomic E-state index is -0.199. The molecule has 0 unspecified atom stereocenters. The van der Waals surface area contributed by atoms with Gasteiger partial charge in [0.25, 0.3) is 5.56 Å². The highest BCUT2D eigenvalue weighted by Gasteiger charge is 2.21. The number of aryl methyl sites for hydroxylation is 1. The Kier molecular flexibility index (Phi) is 5.71. The molecule has 0 atom stereocenters. The maximum Gasteiger partial charge on any atom is 0.262 e. The first kappa shape index (κ1) is 21.0. The van der Waals surface area contributed by atoms with Crippen LogP contribution in [0.15, 0.2) is 51.9 Å². The SMILES string of the molecule is Cc1cc(NC(=O)CN2CCN(Cc3nc4c(cnn4-c4ccccc4)c(=O)[nH]3)CC2)no1. The van der Waals surface area contributed by atoms with E-state index in [1.165, 1.54) is 0 Å². The fourth-order valence-electron chi connectivity index (χ4n) is 3.93. The summed E-state index contributed by atoms with van der Waals surface area (Å²) < 4.78 is 6.65. The van der Waals surface area contributed by atoms with E-state index in [1.807, 2.05) is 30.3 Å². The first-order valence-corrected chi connectivity index (χ1v) is 10.8. The molecule has 170 valence electrons. The second kappa shape index (κ2) is 8.96. The molecule has 11 nitrogen and oxygen atoms in total. The lowest BCUT2D eigenvalue weighted by Gasteiger charge is -2.33. The number of aromatic nitrogens is 5. The molecule has 11 heteroatoms. The summed E-state index contributed by atoms with van der Waals surface area (Å²) in [6.07, 6.45) is 1.54. The monoisotopic (exact) mass is 448 g/mol. The number of H-pyrrole nitrogens is 1. The molecular formula is C22H24N8O3. The molecule has 0 saturated carbocycles. The maximum atomic E-state index is 12.6. The van der Waals surface area contributed by atoms with E-state index < -0.39 is 0 Å². The Morgan fingerprint density at radius 2 is 1.91 bits per heavy atom. The van der Waals surface area contributed by atoms with Gasteiger partial charge in [0.2, 0.25) is 5.91 Å². The molecule has 1 aliphatic rings. The van der Waals surface area contributed by atoms with Crippen molar-refractivity contribution in [3.63, 3.8) is 0 Å². The fourth-order valence-corrected chi connectivity index (χ4v) is 3.93. The number of nitrogens with zero attached hydrogens (tertiary/aromatic N) is 6. The number of para-hydroxylation sites is 1. The Bertz CT molecular complexity index is 1320. The third kappa shape index (κ3) is 4.69. The lowest BCUT2D eigenvalue weighted by molar-refractivity contribution is -0.117. The normalized spacial score (nSPS) is 15.2. The van der Waals surface area contributed by atoms with Gasteiger partial charge >= 0.3 is 0 Å². The summed E-state index contributed by atoms with van der Waals surface area (Å²) in [7, 11) is 0. The van der Waals surface area contributed by atoms with E-state index in [-0.39, 0.29) is 18.0 Å². The number of anilines is 1. The van der Waals surface area contributed by atoms with Gasteiger partial charge in [-0.15, -0.1) is 0 Å². The molecule has 1 aliphatic heterocycles. The molecule has 2 N–H and O–H groups in total. The maximum absolute atomic E-state index is 12.6. The van der Waals surface area contributed by atoms with Crippen LogP contribution in [-0.4, -0.2) is 73.3 Å². The zero-order valence-electron chi connectivity index (χ0n) is 18.2. The fraction of sp³-hybridized carbons (Fsp3) is 0.318. The van der Waals surface area contributed by atoms with E-state index in [4.69, 9.17) is 9.51 Å². The van der Waals surface area contributed by atoms with E-state index >= 15 is 0 Å². The van der Waals surface area contributed by atoms with Gasteiger partial charge in [0.15, 0.2) is 11.5 Å². The highest BCUT2D eigenvalue weighted by Crippen LogP contribution is 2.14. The van der Waals surface area contributed by atoms with Gasteiger partial charge in [-0.1, -0.05) is 23.4 Å². The molecule has 3 aromatic heterocycles. The van der Waals surface area contributed by atoms with Crippen molar-refractivity contribution in [2.45, 2.75) is 13.5 Å². The summed E-state index contributed by atoms with van der Waals surface area (Å²) in [5.74, 6) is 1.55. The molecule has 5 rings (SSSR count). The largest absolute Gasteiger partial charge is 0.360 e. The Morgan fingerprint density at radius 3 is 2.64 bits per heavy atom. The first-order chi connectivity index (χ1) is 16.0. The number of carbonyl (C=O) groups is 1. The van der Waals surface area contributed by atoms with Crippen LogP contribution in [0.5, 0.6) is 0 Å². The van der Waals surface area contributed by atoms with E-state index in [1.54, 1.807) is 23.9 Å². The second-order valence-corrected chi connectivity index (χ2v) is 8.07. The van der Waals surface area contributed by atoms with Gasteiger partial charge in [0.1, 0.15) is 17.0 Å². The number of aromatic amines is 1. The van der Waals surface area contributed by atoms with Crippen LogP contribution >= 0.6 is 0 Å². The zero-order chi connectivity index (χ0) is 22.8. The number of nitrogens with one attached hydrogen (secondary N) is 2. The third-order valence-electron chi connectivity index (χ3n) is 5.59. The molecule has 1 fully saturated rings. The Hall–Kier alpha value is -3.83. The summed E-state index contributed by atoms with van der Waals surface area (Å²) in [6.45, 7) is 5.57. The van der Waals surface area contributed by atoms with E-state index in [0.717, 1.165) is 31.9 Å². The van der Waals surface area contributed by atoms with Crippen molar-refractivity contribution < 1.29 is 9.32 Å². The van der Waals surface area contributed by atoms with Crippen molar-refractivity contribution >= 4 is 22.8 Å². The summed E-state index contributed by atoms with van der Waals surface area (Å²) in [5, 5.41) is 11.3. The topological polar surface area (TPSA) is 125 Å². The van der Waals surface area contributed by atoms with Crippen LogP contribution in [0.2, 0.25) is 0 Å². The summed E-state index contributed by atoms with van der Waals surface area (Å²) in [4.78, 5) is 36.7. The van der Waals surface area contributed by atoms with Crippen LogP contribution < -0.4 is 10.9 Å². The molecular weight excluding hydrogens is 424 g/mol. The third-order valence-corrected chi connectivity index (χ3v) is 5.59. The van der Waals surface area contributed by atoms with Crippen LogP contribution in [0.25, 0.3) is 16.7 Å². The van der Waals surface area contributed by atoms with Crippen LogP contribution in [0, 0.1) is 6.92 Å². The first-order valence-electron chi connectivity index (χ1n) is 10.8. The molecule has 1 saturated heterocycles. The highest BCUT2D eigenvalue weighted by molar-refractivity contribution is 5.91. The predicted molar refractivity (Wildman–Crippen MR) is 121 cm³/mol. The van der Waals surface area contributed by atoms with Crippen molar-refractivity contribution in [3.05, 3.63) is 64.5 Å². The number of hydrogen-bond donors (Lipinski definition) is 2. The van der Waals surface area contributed by atoms with Crippen LogP contribution in [0.4, 0.5) is 5.82 Å². The second-order valence-electron chi connectivity index (χ2n) is 8.07. The average Bonchev–Trinajstić information content (AvgIpc) is 3.42. The minimum Gasteiger partial charge on any atom is -0.360 e. The number of rotatable bonds is 6.